The average molecular weight is 339 g/mol. The second-order valence-corrected chi connectivity index (χ2v) is 6.55. The highest BCUT2D eigenvalue weighted by molar-refractivity contribution is 5.89. The maximum atomic E-state index is 12.1. The predicted octanol–water partition coefficient (Wildman–Crippen LogP) is 1.47. The van der Waals surface area contributed by atoms with Crippen LogP contribution in [-0.4, -0.2) is 59.6 Å². The third-order valence-corrected chi connectivity index (χ3v) is 3.41. The molecule has 0 saturated carbocycles. The first-order valence-corrected chi connectivity index (χ1v) is 7.88. The molecular weight excluding hydrogens is 314 g/mol. The number of aromatic nitrogens is 2. The summed E-state index contributed by atoms with van der Waals surface area (Å²) in [7, 11) is 1.57. The van der Waals surface area contributed by atoms with E-state index in [-0.39, 0.29) is 12.1 Å². The maximum Gasteiger partial charge on any atom is 0.410 e. The van der Waals surface area contributed by atoms with Crippen LogP contribution in [0, 0.1) is 0 Å². The number of rotatable bonds is 4. The van der Waals surface area contributed by atoms with Crippen molar-refractivity contribution in [1.82, 2.24) is 20.4 Å². The Bertz CT molecular complexity index is 593. The van der Waals surface area contributed by atoms with E-state index in [0.29, 0.717) is 38.5 Å². The highest BCUT2D eigenvalue weighted by Gasteiger charge is 2.28. The molecule has 1 aromatic heterocycles. The van der Waals surface area contributed by atoms with Crippen molar-refractivity contribution in [3.63, 3.8) is 0 Å². The highest BCUT2D eigenvalue weighted by Crippen LogP contribution is 2.24. The summed E-state index contributed by atoms with van der Waals surface area (Å²) in [6, 6.07) is -0.337. The Hall–Kier alpha value is -2.29. The van der Waals surface area contributed by atoms with Gasteiger partial charge in [-0.15, -0.1) is 0 Å². The molecule has 2 rings (SSSR count). The zero-order chi connectivity index (χ0) is 17.7. The SMILES string of the molecule is COCCNC(=O)Nc1n[nH]c2c1CCN(C(=O)OC(C)(C)C)C2. The minimum atomic E-state index is -0.529. The fraction of sp³-hybridized carbons (Fsp3) is 0.667. The molecule has 0 saturated heterocycles. The van der Waals surface area contributed by atoms with Crippen LogP contribution < -0.4 is 10.6 Å². The van der Waals surface area contributed by atoms with Gasteiger partial charge in [-0.2, -0.15) is 5.10 Å². The molecule has 0 radical (unpaired) electrons. The van der Waals surface area contributed by atoms with E-state index in [1.165, 1.54) is 0 Å². The molecule has 1 aromatic rings. The second kappa shape index (κ2) is 7.52. The lowest BCUT2D eigenvalue weighted by atomic mass is 10.1. The van der Waals surface area contributed by atoms with Crippen molar-refractivity contribution in [3.05, 3.63) is 11.3 Å². The van der Waals surface area contributed by atoms with Crippen molar-refractivity contribution in [2.75, 3.05) is 32.1 Å². The van der Waals surface area contributed by atoms with E-state index in [1.807, 2.05) is 20.8 Å². The third-order valence-electron chi connectivity index (χ3n) is 3.41. The van der Waals surface area contributed by atoms with Gasteiger partial charge < -0.3 is 19.7 Å². The number of anilines is 1. The van der Waals surface area contributed by atoms with Gasteiger partial charge in [0.2, 0.25) is 0 Å². The van der Waals surface area contributed by atoms with Crippen LogP contribution in [0.1, 0.15) is 32.0 Å². The summed E-state index contributed by atoms with van der Waals surface area (Å²) in [5, 5.41) is 12.4. The van der Waals surface area contributed by atoms with E-state index in [4.69, 9.17) is 9.47 Å². The number of ether oxygens (including phenoxy) is 2. The first-order valence-electron chi connectivity index (χ1n) is 7.88. The van der Waals surface area contributed by atoms with Crippen molar-refractivity contribution in [2.45, 2.75) is 39.3 Å². The fourth-order valence-electron chi connectivity index (χ4n) is 2.32. The first-order chi connectivity index (χ1) is 11.3. The average Bonchev–Trinajstić information content (AvgIpc) is 2.88. The quantitative estimate of drug-likeness (QED) is 0.720. The van der Waals surface area contributed by atoms with Crippen molar-refractivity contribution < 1.29 is 19.1 Å². The summed E-state index contributed by atoms with van der Waals surface area (Å²) in [5.74, 6) is 0.490. The predicted molar refractivity (Wildman–Crippen MR) is 87.8 cm³/mol. The Morgan fingerprint density at radius 1 is 1.38 bits per heavy atom. The second-order valence-electron chi connectivity index (χ2n) is 6.55. The molecule has 9 heteroatoms. The molecule has 0 spiro atoms. The standard InChI is InChI=1S/C15H25N5O4/c1-15(2,3)24-14(22)20-7-5-10-11(9-20)18-19-12(10)17-13(21)16-6-8-23-4/h5-9H2,1-4H3,(H3,16,17,18,19,21). The normalized spacial score (nSPS) is 14.1. The number of hydrogen-bond acceptors (Lipinski definition) is 5. The summed E-state index contributed by atoms with van der Waals surface area (Å²) >= 11 is 0. The summed E-state index contributed by atoms with van der Waals surface area (Å²) in [5.41, 5.74) is 1.19. The molecule has 0 bridgehead atoms. The van der Waals surface area contributed by atoms with E-state index in [2.05, 4.69) is 20.8 Å². The lowest BCUT2D eigenvalue weighted by Crippen LogP contribution is -2.40. The van der Waals surface area contributed by atoms with Gasteiger partial charge in [-0.3, -0.25) is 10.4 Å². The molecule has 0 aromatic carbocycles. The summed E-state index contributed by atoms with van der Waals surface area (Å²) < 4.78 is 10.3. The zero-order valence-electron chi connectivity index (χ0n) is 14.6. The highest BCUT2D eigenvalue weighted by atomic mass is 16.6. The van der Waals surface area contributed by atoms with E-state index in [9.17, 15) is 9.59 Å². The topological polar surface area (TPSA) is 109 Å². The van der Waals surface area contributed by atoms with Crippen molar-refractivity contribution in [1.29, 1.82) is 0 Å². The summed E-state index contributed by atoms with van der Waals surface area (Å²) in [6.07, 6.45) is 0.244. The van der Waals surface area contributed by atoms with Gasteiger partial charge in [-0.1, -0.05) is 0 Å². The minimum Gasteiger partial charge on any atom is -0.444 e. The molecule has 2 heterocycles. The van der Waals surface area contributed by atoms with Crippen LogP contribution in [0.2, 0.25) is 0 Å². The molecule has 9 nitrogen and oxygen atoms in total. The van der Waals surface area contributed by atoms with Crippen LogP contribution in [0.25, 0.3) is 0 Å². The van der Waals surface area contributed by atoms with Crippen LogP contribution in [-0.2, 0) is 22.4 Å². The number of nitrogens with one attached hydrogen (secondary N) is 3. The number of H-pyrrole nitrogens is 1. The van der Waals surface area contributed by atoms with Gasteiger partial charge in [0.1, 0.15) is 5.60 Å². The Balaban J connectivity index is 1.94. The number of aromatic amines is 1. The van der Waals surface area contributed by atoms with Crippen molar-refractivity contribution in [2.24, 2.45) is 0 Å². The number of urea groups is 1. The van der Waals surface area contributed by atoms with Gasteiger partial charge in [0.25, 0.3) is 0 Å². The van der Waals surface area contributed by atoms with Crippen LogP contribution in [0.3, 0.4) is 0 Å². The van der Waals surface area contributed by atoms with Gasteiger partial charge in [0, 0.05) is 25.8 Å². The van der Waals surface area contributed by atoms with Gasteiger partial charge in [-0.25, -0.2) is 9.59 Å². The van der Waals surface area contributed by atoms with Crippen molar-refractivity contribution >= 4 is 17.9 Å². The van der Waals surface area contributed by atoms with Gasteiger partial charge >= 0.3 is 12.1 Å². The zero-order valence-corrected chi connectivity index (χ0v) is 14.6. The largest absolute Gasteiger partial charge is 0.444 e. The van der Waals surface area contributed by atoms with Gasteiger partial charge in [-0.05, 0) is 27.2 Å². The maximum absolute atomic E-state index is 12.1. The Kier molecular flexibility index (Phi) is 5.66. The number of hydrogen-bond donors (Lipinski definition) is 3. The lowest BCUT2D eigenvalue weighted by Gasteiger charge is -2.29. The summed E-state index contributed by atoms with van der Waals surface area (Å²) in [6.45, 7) is 7.26. The van der Waals surface area contributed by atoms with Crippen LogP contribution in [0.15, 0.2) is 0 Å². The number of amides is 3. The third kappa shape index (κ3) is 4.85. The molecule has 3 N–H and O–H groups in total. The number of fused-ring (bicyclic) bond motifs is 1. The number of carbonyl (C=O) groups is 2. The molecule has 134 valence electrons. The first kappa shape index (κ1) is 18.1. The smallest absolute Gasteiger partial charge is 0.410 e. The Labute approximate surface area is 141 Å². The number of nitrogens with zero attached hydrogens (tertiary/aromatic N) is 2. The van der Waals surface area contributed by atoms with Crippen molar-refractivity contribution in [3.8, 4) is 0 Å². The van der Waals surface area contributed by atoms with Gasteiger partial charge in [0.15, 0.2) is 5.82 Å². The molecule has 1 aliphatic rings. The Morgan fingerprint density at radius 3 is 2.79 bits per heavy atom. The lowest BCUT2D eigenvalue weighted by molar-refractivity contribution is 0.0221. The number of methoxy groups -OCH3 is 1. The van der Waals surface area contributed by atoms with E-state index in [1.54, 1.807) is 12.0 Å². The molecule has 0 fully saturated rings. The molecule has 0 aliphatic carbocycles. The van der Waals surface area contributed by atoms with Crippen LogP contribution in [0.5, 0.6) is 0 Å². The van der Waals surface area contributed by atoms with E-state index in [0.717, 1.165) is 11.3 Å². The van der Waals surface area contributed by atoms with Crippen LogP contribution in [0.4, 0.5) is 15.4 Å². The molecule has 24 heavy (non-hydrogen) atoms. The van der Waals surface area contributed by atoms with Crippen LogP contribution >= 0.6 is 0 Å². The summed E-state index contributed by atoms with van der Waals surface area (Å²) in [4.78, 5) is 25.5. The number of carbonyl (C=O) groups excluding carboxylic acids is 2. The molecule has 1 aliphatic heterocycles. The molecular formula is C15H25N5O4. The monoisotopic (exact) mass is 339 g/mol. The minimum absolute atomic E-state index is 0.337. The van der Waals surface area contributed by atoms with Gasteiger partial charge in [0.05, 0.1) is 18.8 Å². The Morgan fingerprint density at radius 2 is 2.12 bits per heavy atom. The molecule has 3 amide bonds. The fourth-order valence-corrected chi connectivity index (χ4v) is 2.32. The molecule has 0 unspecified atom stereocenters. The van der Waals surface area contributed by atoms with E-state index < -0.39 is 5.60 Å². The van der Waals surface area contributed by atoms with E-state index >= 15 is 0 Å². The molecule has 0 atom stereocenters.